The molecule has 0 spiro atoms. The Morgan fingerprint density at radius 2 is 2.14 bits per heavy atom. The summed E-state index contributed by atoms with van der Waals surface area (Å²) in [5, 5.41) is 21.1. The number of carbonyl (C=O) groups is 1. The molecule has 2 rings (SSSR count). The highest BCUT2D eigenvalue weighted by Gasteiger charge is 2.12. The summed E-state index contributed by atoms with van der Waals surface area (Å²) in [5.41, 5.74) is 1.01. The molecule has 72 valence electrons. The van der Waals surface area contributed by atoms with Gasteiger partial charge in [-0.15, -0.1) is 11.3 Å². The SMILES string of the molecule is Cc1csc2cc(C(=O)O)c(O)cc12. The van der Waals surface area contributed by atoms with Gasteiger partial charge < -0.3 is 10.2 Å². The quantitative estimate of drug-likeness (QED) is 0.757. The number of aryl methyl sites for hydroxylation is 1. The third-order valence-electron chi connectivity index (χ3n) is 2.12. The number of hydrogen-bond donors (Lipinski definition) is 2. The molecule has 0 fully saturated rings. The molecule has 3 nitrogen and oxygen atoms in total. The Kier molecular flexibility index (Phi) is 1.93. The Hall–Kier alpha value is -1.55. The number of phenols is 1. The predicted octanol–water partition coefficient (Wildman–Crippen LogP) is 2.61. The molecule has 0 unspecified atom stereocenters. The van der Waals surface area contributed by atoms with E-state index < -0.39 is 5.97 Å². The van der Waals surface area contributed by atoms with Gasteiger partial charge in [-0.3, -0.25) is 0 Å². The Morgan fingerprint density at radius 1 is 1.43 bits per heavy atom. The fourth-order valence-corrected chi connectivity index (χ4v) is 2.32. The van der Waals surface area contributed by atoms with Crippen molar-refractivity contribution in [1.29, 1.82) is 0 Å². The van der Waals surface area contributed by atoms with Crippen molar-refractivity contribution in [3.8, 4) is 5.75 Å². The van der Waals surface area contributed by atoms with Crippen LogP contribution in [0.4, 0.5) is 0 Å². The first-order valence-electron chi connectivity index (χ1n) is 4.03. The van der Waals surface area contributed by atoms with Crippen molar-refractivity contribution in [3.63, 3.8) is 0 Å². The van der Waals surface area contributed by atoms with Gasteiger partial charge in [0.1, 0.15) is 11.3 Å². The zero-order valence-corrected chi connectivity index (χ0v) is 8.26. The first-order valence-corrected chi connectivity index (χ1v) is 4.91. The molecule has 2 aromatic rings. The first kappa shape index (κ1) is 9.02. The van der Waals surface area contributed by atoms with Gasteiger partial charge in [0.15, 0.2) is 0 Å². The topological polar surface area (TPSA) is 57.5 Å². The molecule has 0 atom stereocenters. The molecule has 0 aliphatic carbocycles. The highest BCUT2D eigenvalue weighted by atomic mass is 32.1. The number of fused-ring (bicyclic) bond motifs is 1. The third-order valence-corrected chi connectivity index (χ3v) is 3.18. The van der Waals surface area contributed by atoms with E-state index in [2.05, 4.69) is 0 Å². The number of thiophene rings is 1. The first-order chi connectivity index (χ1) is 6.59. The molecule has 0 saturated heterocycles. The molecule has 14 heavy (non-hydrogen) atoms. The summed E-state index contributed by atoms with van der Waals surface area (Å²) in [6.45, 7) is 1.93. The average molecular weight is 208 g/mol. The van der Waals surface area contributed by atoms with Crippen molar-refractivity contribution in [2.75, 3.05) is 0 Å². The Morgan fingerprint density at radius 3 is 2.79 bits per heavy atom. The Bertz CT molecular complexity index is 513. The van der Waals surface area contributed by atoms with E-state index in [0.29, 0.717) is 0 Å². The van der Waals surface area contributed by atoms with Crippen molar-refractivity contribution < 1.29 is 15.0 Å². The van der Waals surface area contributed by atoms with Crippen molar-refractivity contribution in [2.24, 2.45) is 0 Å². The number of carboxylic acid groups (broad SMARTS) is 1. The van der Waals surface area contributed by atoms with E-state index in [9.17, 15) is 9.90 Å². The van der Waals surface area contributed by atoms with E-state index in [1.165, 1.54) is 23.5 Å². The van der Waals surface area contributed by atoms with E-state index in [-0.39, 0.29) is 11.3 Å². The molecule has 0 bridgehead atoms. The van der Waals surface area contributed by atoms with Gasteiger partial charge in [-0.25, -0.2) is 4.79 Å². The van der Waals surface area contributed by atoms with Gasteiger partial charge in [0.05, 0.1) is 0 Å². The van der Waals surface area contributed by atoms with Crippen molar-refractivity contribution in [3.05, 3.63) is 28.6 Å². The summed E-state index contributed by atoms with van der Waals surface area (Å²) in [7, 11) is 0. The highest BCUT2D eigenvalue weighted by molar-refractivity contribution is 7.17. The lowest BCUT2D eigenvalue weighted by Gasteiger charge is -1.99. The maximum atomic E-state index is 10.7. The zero-order valence-electron chi connectivity index (χ0n) is 7.44. The maximum Gasteiger partial charge on any atom is 0.339 e. The number of aromatic hydroxyl groups is 1. The summed E-state index contributed by atoms with van der Waals surface area (Å²) >= 11 is 1.48. The Balaban J connectivity index is 2.79. The van der Waals surface area contributed by atoms with Gasteiger partial charge in [-0.1, -0.05) is 0 Å². The standard InChI is InChI=1S/C10H8O3S/c1-5-4-14-9-3-7(10(12)13)8(11)2-6(5)9/h2-4,11H,1H3,(H,12,13). The molecule has 1 aromatic heterocycles. The van der Waals surface area contributed by atoms with Crippen LogP contribution >= 0.6 is 11.3 Å². The van der Waals surface area contributed by atoms with Crippen LogP contribution in [0, 0.1) is 6.92 Å². The lowest BCUT2D eigenvalue weighted by atomic mass is 10.1. The summed E-state index contributed by atoms with van der Waals surface area (Å²) in [6.07, 6.45) is 0. The number of carboxylic acids is 1. The van der Waals surface area contributed by atoms with Crippen molar-refractivity contribution in [2.45, 2.75) is 6.92 Å². The van der Waals surface area contributed by atoms with E-state index in [4.69, 9.17) is 5.11 Å². The zero-order chi connectivity index (χ0) is 10.3. The lowest BCUT2D eigenvalue weighted by Crippen LogP contribution is -1.95. The van der Waals surface area contributed by atoms with Gasteiger partial charge >= 0.3 is 5.97 Å². The largest absolute Gasteiger partial charge is 0.507 e. The lowest BCUT2D eigenvalue weighted by molar-refractivity contribution is 0.0694. The highest BCUT2D eigenvalue weighted by Crippen LogP contribution is 2.31. The van der Waals surface area contributed by atoms with Crippen molar-refractivity contribution in [1.82, 2.24) is 0 Å². The molecule has 0 aliphatic heterocycles. The smallest absolute Gasteiger partial charge is 0.339 e. The molecule has 4 heteroatoms. The van der Waals surface area contributed by atoms with Crippen LogP contribution in [0.25, 0.3) is 10.1 Å². The second-order valence-corrected chi connectivity index (χ2v) is 4.00. The minimum absolute atomic E-state index is 0.0423. The predicted molar refractivity (Wildman–Crippen MR) is 55.2 cm³/mol. The monoisotopic (exact) mass is 208 g/mol. The summed E-state index contributed by atoms with van der Waals surface area (Å²) in [6, 6.07) is 3.01. The van der Waals surface area contributed by atoms with Crippen molar-refractivity contribution >= 4 is 27.4 Å². The van der Waals surface area contributed by atoms with E-state index >= 15 is 0 Å². The maximum absolute atomic E-state index is 10.7. The molecular formula is C10H8O3S. The van der Waals surface area contributed by atoms with Crippen LogP contribution in [0.3, 0.4) is 0 Å². The number of benzene rings is 1. The van der Waals surface area contributed by atoms with E-state index in [1.54, 1.807) is 0 Å². The van der Waals surface area contributed by atoms with Crippen LogP contribution < -0.4 is 0 Å². The summed E-state index contributed by atoms with van der Waals surface area (Å²) in [5.74, 6) is -1.28. The second kappa shape index (κ2) is 2.99. The molecule has 0 radical (unpaired) electrons. The molecular weight excluding hydrogens is 200 g/mol. The van der Waals surface area contributed by atoms with Gasteiger partial charge in [0.25, 0.3) is 0 Å². The van der Waals surface area contributed by atoms with Crippen LogP contribution in [0.1, 0.15) is 15.9 Å². The van der Waals surface area contributed by atoms with Crippen LogP contribution in [0.15, 0.2) is 17.5 Å². The Labute approximate surface area is 84.2 Å². The van der Waals surface area contributed by atoms with Crippen LogP contribution in [0.2, 0.25) is 0 Å². The van der Waals surface area contributed by atoms with E-state index in [1.807, 2.05) is 12.3 Å². The van der Waals surface area contributed by atoms with Crippen LogP contribution in [0.5, 0.6) is 5.75 Å². The van der Waals surface area contributed by atoms with E-state index in [0.717, 1.165) is 15.6 Å². The van der Waals surface area contributed by atoms with Crippen LogP contribution in [-0.2, 0) is 0 Å². The number of rotatable bonds is 1. The molecule has 0 amide bonds. The molecule has 1 aromatic carbocycles. The molecule has 2 N–H and O–H groups in total. The fraction of sp³-hybridized carbons (Fsp3) is 0.100. The summed E-state index contributed by atoms with van der Waals surface area (Å²) in [4.78, 5) is 10.7. The minimum atomic E-state index is -1.10. The van der Waals surface area contributed by atoms with Gasteiger partial charge in [0.2, 0.25) is 0 Å². The van der Waals surface area contributed by atoms with Gasteiger partial charge in [-0.05, 0) is 35.4 Å². The second-order valence-electron chi connectivity index (χ2n) is 3.09. The fourth-order valence-electron chi connectivity index (χ4n) is 1.36. The molecule has 0 aliphatic rings. The number of aromatic carboxylic acids is 1. The van der Waals surface area contributed by atoms with Gasteiger partial charge in [-0.2, -0.15) is 0 Å². The van der Waals surface area contributed by atoms with Gasteiger partial charge in [0, 0.05) is 4.70 Å². The molecule has 0 saturated carbocycles. The minimum Gasteiger partial charge on any atom is -0.507 e. The number of hydrogen-bond acceptors (Lipinski definition) is 3. The normalized spacial score (nSPS) is 10.6. The third kappa shape index (κ3) is 1.24. The van der Waals surface area contributed by atoms with Crippen LogP contribution in [-0.4, -0.2) is 16.2 Å². The summed E-state index contributed by atoms with van der Waals surface area (Å²) < 4.78 is 0.887. The molecule has 1 heterocycles. The average Bonchev–Trinajstić information content (AvgIpc) is 2.46.